The number of urea groups is 1. The van der Waals surface area contributed by atoms with Crippen molar-refractivity contribution in [2.24, 2.45) is 0 Å². The fraction of sp³-hybridized carbons (Fsp3) is 0.312. The highest BCUT2D eigenvalue weighted by Crippen LogP contribution is 2.20. The van der Waals surface area contributed by atoms with E-state index in [-0.39, 0.29) is 18.5 Å². The SMILES string of the molecule is CCCN(CC(=O)N(CCc1c[nH]c2ccccc12)Cc1ccccc1)C(=O)Nc1ccc(C(C)C)cc1. The van der Waals surface area contributed by atoms with E-state index in [1.54, 1.807) is 4.90 Å². The van der Waals surface area contributed by atoms with E-state index in [1.165, 1.54) is 16.5 Å². The Morgan fingerprint density at radius 3 is 2.29 bits per heavy atom. The predicted octanol–water partition coefficient (Wildman–Crippen LogP) is 6.81. The smallest absolute Gasteiger partial charge is 0.322 e. The molecule has 4 aromatic rings. The number of anilines is 1. The molecule has 0 fully saturated rings. The molecule has 0 spiro atoms. The van der Waals surface area contributed by atoms with Crippen molar-refractivity contribution in [2.45, 2.75) is 46.1 Å². The van der Waals surface area contributed by atoms with Crippen LogP contribution in [-0.2, 0) is 17.8 Å². The van der Waals surface area contributed by atoms with Crippen molar-refractivity contribution < 1.29 is 9.59 Å². The molecular formula is C32H38N4O2. The molecule has 1 aromatic heterocycles. The largest absolute Gasteiger partial charge is 0.361 e. The second-order valence-electron chi connectivity index (χ2n) is 10.0. The fourth-order valence-electron chi connectivity index (χ4n) is 4.63. The fourth-order valence-corrected chi connectivity index (χ4v) is 4.63. The molecule has 0 aliphatic heterocycles. The average Bonchev–Trinajstić information content (AvgIpc) is 3.34. The number of H-pyrrole nitrogens is 1. The molecule has 0 aliphatic carbocycles. The Morgan fingerprint density at radius 1 is 0.868 bits per heavy atom. The molecule has 38 heavy (non-hydrogen) atoms. The number of nitrogens with zero attached hydrogens (tertiary/aromatic N) is 2. The van der Waals surface area contributed by atoms with Crippen LogP contribution in [0.5, 0.6) is 0 Å². The predicted molar refractivity (Wildman–Crippen MR) is 155 cm³/mol. The van der Waals surface area contributed by atoms with Crippen molar-refractivity contribution in [3.05, 3.63) is 102 Å². The summed E-state index contributed by atoms with van der Waals surface area (Å²) in [7, 11) is 0. The van der Waals surface area contributed by atoms with Gasteiger partial charge in [-0.05, 0) is 53.6 Å². The van der Waals surface area contributed by atoms with Crippen LogP contribution in [0.3, 0.4) is 0 Å². The van der Waals surface area contributed by atoms with Crippen molar-refractivity contribution in [3.8, 4) is 0 Å². The van der Waals surface area contributed by atoms with Crippen LogP contribution in [0.2, 0.25) is 0 Å². The Labute approximate surface area is 225 Å². The zero-order chi connectivity index (χ0) is 26.9. The molecule has 4 rings (SSSR count). The lowest BCUT2D eigenvalue weighted by atomic mass is 10.0. The first kappa shape index (κ1) is 27.0. The molecule has 3 aromatic carbocycles. The Morgan fingerprint density at radius 2 is 1.58 bits per heavy atom. The van der Waals surface area contributed by atoms with Gasteiger partial charge in [0, 0.05) is 42.4 Å². The molecule has 0 saturated carbocycles. The number of nitrogens with one attached hydrogen (secondary N) is 2. The molecule has 1 heterocycles. The second kappa shape index (κ2) is 13.0. The number of para-hydroxylation sites is 1. The van der Waals surface area contributed by atoms with Gasteiger partial charge in [-0.15, -0.1) is 0 Å². The van der Waals surface area contributed by atoms with Gasteiger partial charge in [0.2, 0.25) is 5.91 Å². The Kier molecular flexibility index (Phi) is 9.20. The maximum Gasteiger partial charge on any atom is 0.322 e. The average molecular weight is 511 g/mol. The lowest BCUT2D eigenvalue weighted by Crippen LogP contribution is -2.45. The lowest BCUT2D eigenvalue weighted by Gasteiger charge is -2.28. The van der Waals surface area contributed by atoms with Crippen LogP contribution in [0.15, 0.2) is 85.1 Å². The summed E-state index contributed by atoms with van der Waals surface area (Å²) in [6.45, 7) is 7.90. The maximum atomic E-state index is 13.6. The molecule has 198 valence electrons. The topological polar surface area (TPSA) is 68.4 Å². The van der Waals surface area contributed by atoms with Crippen LogP contribution in [0, 0.1) is 0 Å². The molecule has 2 N–H and O–H groups in total. The van der Waals surface area contributed by atoms with E-state index in [2.05, 4.69) is 36.3 Å². The molecule has 0 unspecified atom stereocenters. The number of rotatable bonds is 11. The number of aromatic amines is 1. The van der Waals surface area contributed by atoms with Gasteiger partial charge >= 0.3 is 6.03 Å². The lowest BCUT2D eigenvalue weighted by molar-refractivity contribution is -0.132. The third-order valence-corrected chi connectivity index (χ3v) is 6.83. The van der Waals surface area contributed by atoms with Gasteiger partial charge in [-0.1, -0.05) is 81.4 Å². The number of carbonyl (C=O) groups excluding carboxylic acids is 2. The summed E-state index contributed by atoms with van der Waals surface area (Å²) >= 11 is 0. The van der Waals surface area contributed by atoms with E-state index in [4.69, 9.17) is 0 Å². The third kappa shape index (κ3) is 7.03. The second-order valence-corrected chi connectivity index (χ2v) is 10.0. The molecule has 0 aliphatic rings. The molecule has 0 bridgehead atoms. The Hall–Kier alpha value is -4.06. The summed E-state index contributed by atoms with van der Waals surface area (Å²) < 4.78 is 0. The monoisotopic (exact) mass is 510 g/mol. The highest BCUT2D eigenvalue weighted by molar-refractivity contribution is 5.92. The molecule has 6 heteroatoms. The highest BCUT2D eigenvalue weighted by Gasteiger charge is 2.22. The standard InChI is InChI=1S/C32H38N4O2/c1-4-19-36(32(38)34-28-16-14-26(15-17-28)24(2)3)23-31(37)35(22-25-10-6-5-7-11-25)20-18-27-21-33-30-13-9-8-12-29(27)30/h5-17,21,24,33H,4,18-20,22-23H2,1-3H3,(H,34,38). The summed E-state index contributed by atoms with van der Waals surface area (Å²) in [4.78, 5) is 33.6. The van der Waals surface area contributed by atoms with E-state index in [1.807, 2.05) is 84.8 Å². The van der Waals surface area contributed by atoms with Gasteiger partial charge in [-0.3, -0.25) is 4.79 Å². The first-order chi connectivity index (χ1) is 18.4. The van der Waals surface area contributed by atoms with Gasteiger partial charge in [-0.25, -0.2) is 4.79 Å². The molecule has 0 saturated heterocycles. The van der Waals surface area contributed by atoms with E-state index < -0.39 is 0 Å². The van der Waals surface area contributed by atoms with Crippen LogP contribution in [-0.4, -0.2) is 46.4 Å². The minimum Gasteiger partial charge on any atom is -0.361 e. The normalized spacial score (nSPS) is 11.1. The number of fused-ring (bicyclic) bond motifs is 1. The third-order valence-electron chi connectivity index (χ3n) is 6.83. The molecule has 0 radical (unpaired) electrons. The minimum absolute atomic E-state index is 0.0322. The van der Waals surface area contributed by atoms with Crippen molar-refractivity contribution in [1.29, 1.82) is 0 Å². The number of hydrogen-bond donors (Lipinski definition) is 2. The zero-order valence-corrected chi connectivity index (χ0v) is 22.6. The van der Waals surface area contributed by atoms with Crippen LogP contribution < -0.4 is 5.32 Å². The summed E-state index contributed by atoms with van der Waals surface area (Å²) in [5, 5.41) is 4.15. The Bertz CT molecular complexity index is 1330. The van der Waals surface area contributed by atoms with E-state index in [9.17, 15) is 9.59 Å². The van der Waals surface area contributed by atoms with Crippen LogP contribution in [0.1, 0.15) is 49.8 Å². The Balaban J connectivity index is 1.46. The number of aromatic nitrogens is 1. The zero-order valence-electron chi connectivity index (χ0n) is 22.6. The number of carbonyl (C=O) groups is 2. The molecule has 6 nitrogen and oxygen atoms in total. The van der Waals surface area contributed by atoms with E-state index in [0.717, 1.165) is 29.6 Å². The van der Waals surface area contributed by atoms with Gasteiger partial charge in [0.25, 0.3) is 0 Å². The molecule has 0 atom stereocenters. The van der Waals surface area contributed by atoms with Crippen molar-refractivity contribution in [2.75, 3.05) is 25.0 Å². The minimum atomic E-state index is -0.256. The van der Waals surface area contributed by atoms with Crippen LogP contribution >= 0.6 is 0 Å². The van der Waals surface area contributed by atoms with Gasteiger partial charge < -0.3 is 20.1 Å². The summed E-state index contributed by atoms with van der Waals surface area (Å²) in [5.41, 5.74) is 5.29. The van der Waals surface area contributed by atoms with Gasteiger partial charge in [0.15, 0.2) is 0 Å². The van der Waals surface area contributed by atoms with Gasteiger partial charge in [-0.2, -0.15) is 0 Å². The van der Waals surface area contributed by atoms with Crippen molar-refractivity contribution in [1.82, 2.24) is 14.8 Å². The van der Waals surface area contributed by atoms with Gasteiger partial charge in [0.1, 0.15) is 6.54 Å². The number of hydrogen-bond acceptors (Lipinski definition) is 2. The highest BCUT2D eigenvalue weighted by atomic mass is 16.2. The quantitative estimate of drug-likeness (QED) is 0.233. The van der Waals surface area contributed by atoms with Crippen LogP contribution in [0.25, 0.3) is 10.9 Å². The van der Waals surface area contributed by atoms with Crippen LogP contribution in [0.4, 0.5) is 10.5 Å². The van der Waals surface area contributed by atoms with Crippen molar-refractivity contribution in [3.63, 3.8) is 0 Å². The first-order valence-electron chi connectivity index (χ1n) is 13.5. The summed E-state index contributed by atoms with van der Waals surface area (Å²) in [6.07, 6.45) is 3.52. The summed E-state index contributed by atoms with van der Waals surface area (Å²) in [6, 6.07) is 25.9. The van der Waals surface area contributed by atoms with E-state index >= 15 is 0 Å². The maximum absolute atomic E-state index is 13.6. The number of amides is 3. The first-order valence-corrected chi connectivity index (χ1v) is 13.5. The van der Waals surface area contributed by atoms with Crippen molar-refractivity contribution >= 4 is 28.5 Å². The number of benzene rings is 3. The summed E-state index contributed by atoms with van der Waals surface area (Å²) in [5.74, 6) is 0.362. The van der Waals surface area contributed by atoms with E-state index in [0.29, 0.717) is 25.6 Å². The molecule has 3 amide bonds. The van der Waals surface area contributed by atoms with Gasteiger partial charge in [0.05, 0.1) is 0 Å². The molecular weight excluding hydrogens is 472 g/mol.